The third-order valence-corrected chi connectivity index (χ3v) is 6.17. The fourth-order valence-corrected chi connectivity index (χ4v) is 4.14. The highest BCUT2D eigenvalue weighted by Crippen LogP contribution is 2.24. The fourth-order valence-electron chi connectivity index (χ4n) is 4.14. The van der Waals surface area contributed by atoms with E-state index in [1.807, 2.05) is 56.4 Å². The Kier molecular flexibility index (Phi) is 11.7. The first kappa shape index (κ1) is 30.5. The van der Waals surface area contributed by atoms with Gasteiger partial charge in [-0.05, 0) is 56.2 Å². The zero-order valence-corrected chi connectivity index (χ0v) is 24.4. The van der Waals surface area contributed by atoms with Crippen LogP contribution in [0, 0.1) is 0 Å². The van der Waals surface area contributed by atoms with Crippen LogP contribution in [0.2, 0.25) is 0 Å². The molecule has 2 aromatic carbocycles. The van der Waals surface area contributed by atoms with Crippen molar-refractivity contribution in [3.8, 4) is 5.75 Å². The zero-order chi connectivity index (χ0) is 29.6. The molecule has 0 aliphatic rings. The second-order valence-corrected chi connectivity index (χ2v) is 9.78. The van der Waals surface area contributed by atoms with Gasteiger partial charge < -0.3 is 40.5 Å². The minimum Gasteiger partial charge on any atom is -0.497 e. The monoisotopic (exact) mass is 576 g/mol. The average molecular weight is 577 g/mol. The molecule has 0 spiro atoms. The van der Waals surface area contributed by atoms with Crippen molar-refractivity contribution in [2.24, 2.45) is 0 Å². The smallest absolute Gasteiger partial charge is 0.251 e. The lowest BCUT2D eigenvalue weighted by molar-refractivity contribution is 0.0519. The first-order valence-electron chi connectivity index (χ1n) is 14.1. The van der Waals surface area contributed by atoms with Gasteiger partial charge in [0, 0.05) is 48.3 Å². The second-order valence-electron chi connectivity index (χ2n) is 9.78. The molecule has 12 heteroatoms. The van der Waals surface area contributed by atoms with Crippen molar-refractivity contribution < 1.29 is 19.0 Å². The summed E-state index contributed by atoms with van der Waals surface area (Å²) in [5, 5.41) is 13.7. The lowest BCUT2D eigenvalue weighted by Crippen LogP contribution is -2.27. The number of carbonyl (C=O) groups excluding carboxylic acids is 1. The lowest BCUT2D eigenvalue weighted by atomic mass is 10.1. The van der Waals surface area contributed by atoms with Crippen molar-refractivity contribution >= 4 is 34.7 Å². The molecule has 0 radical (unpaired) electrons. The predicted octanol–water partition coefficient (Wildman–Crippen LogP) is 3.71. The third kappa shape index (κ3) is 9.60. The van der Waals surface area contributed by atoms with E-state index < -0.39 is 0 Å². The molecule has 0 atom stereocenters. The molecule has 0 saturated carbocycles. The maximum Gasteiger partial charge on any atom is 0.251 e. The molecule has 5 N–H and O–H groups in total. The summed E-state index contributed by atoms with van der Waals surface area (Å²) in [6.45, 7) is 7.42. The summed E-state index contributed by atoms with van der Waals surface area (Å²) in [6.07, 6.45) is 2.80. The number of fused-ring (bicyclic) bond motifs is 1. The quantitative estimate of drug-likeness (QED) is 0.111. The molecule has 4 rings (SSSR count). The molecular weight excluding hydrogens is 536 g/mol. The molecule has 0 aliphatic heterocycles. The molecule has 12 nitrogen and oxygen atoms in total. The van der Waals surface area contributed by atoms with Crippen molar-refractivity contribution in [3.63, 3.8) is 0 Å². The van der Waals surface area contributed by atoms with Crippen LogP contribution in [0.15, 0.2) is 54.7 Å². The summed E-state index contributed by atoms with van der Waals surface area (Å²) >= 11 is 0. The maximum atomic E-state index is 12.0. The molecule has 2 aromatic heterocycles. The van der Waals surface area contributed by atoms with Crippen LogP contribution in [-0.2, 0) is 15.9 Å². The van der Waals surface area contributed by atoms with Crippen LogP contribution in [0.5, 0.6) is 5.75 Å². The number of amides is 1. The van der Waals surface area contributed by atoms with Gasteiger partial charge in [-0.3, -0.25) is 4.79 Å². The molecule has 42 heavy (non-hydrogen) atoms. The van der Waals surface area contributed by atoms with Gasteiger partial charge in [-0.2, -0.15) is 15.0 Å². The molecule has 0 fully saturated rings. The molecule has 0 saturated heterocycles. The first-order chi connectivity index (χ1) is 20.5. The van der Waals surface area contributed by atoms with Crippen molar-refractivity contribution in [1.82, 2.24) is 25.3 Å². The number of carbonyl (C=O) groups is 1. The number of aromatic amines is 1. The Balaban J connectivity index is 1.16. The van der Waals surface area contributed by atoms with Crippen LogP contribution in [0.4, 0.5) is 17.8 Å². The molecule has 0 unspecified atom stereocenters. The number of methoxy groups -OCH3 is 1. The third-order valence-electron chi connectivity index (χ3n) is 6.17. The number of H-pyrrole nitrogens is 1. The Labute approximate surface area is 246 Å². The number of rotatable bonds is 18. The topological polar surface area (TPSA) is 147 Å². The van der Waals surface area contributed by atoms with Crippen LogP contribution in [-0.4, -0.2) is 85.1 Å². The first-order valence-corrected chi connectivity index (χ1v) is 14.1. The standard InChI is InChI=1S/C30H40N8O4/c1-21(2)35-30-37-28(32-12-11-23-20-34-26-10-9-24(40-3)19-25(23)26)36-29(38-30)33-14-16-42-18-17-41-15-13-31-27(39)22-7-5-4-6-8-22/h4-10,19-21,34H,11-18H2,1-3H3,(H,31,39)(H3,32,33,35,36,37,38). The zero-order valence-electron chi connectivity index (χ0n) is 24.4. The van der Waals surface area contributed by atoms with E-state index in [2.05, 4.69) is 41.2 Å². The minimum atomic E-state index is -0.111. The van der Waals surface area contributed by atoms with Crippen LogP contribution in [0.3, 0.4) is 0 Å². The maximum absolute atomic E-state index is 12.0. The number of hydrogen-bond acceptors (Lipinski definition) is 10. The lowest BCUT2D eigenvalue weighted by Gasteiger charge is -2.13. The van der Waals surface area contributed by atoms with Gasteiger partial charge >= 0.3 is 0 Å². The summed E-state index contributed by atoms with van der Waals surface area (Å²) in [7, 11) is 1.67. The number of nitrogens with one attached hydrogen (secondary N) is 5. The van der Waals surface area contributed by atoms with Crippen LogP contribution < -0.4 is 26.0 Å². The van der Waals surface area contributed by atoms with Crippen molar-refractivity contribution in [1.29, 1.82) is 0 Å². The van der Waals surface area contributed by atoms with E-state index >= 15 is 0 Å². The van der Waals surface area contributed by atoms with Gasteiger partial charge in [0.1, 0.15) is 5.75 Å². The van der Waals surface area contributed by atoms with Crippen LogP contribution in [0.25, 0.3) is 10.9 Å². The number of nitrogens with zero attached hydrogens (tertiary/aromatic N) is 3. The summed E-state index contributed by atoms with van der Waals surface area (Å²) in [5.74, 6) is 2.16. The van der Waals surface area contributed by atoms with Gasteiger partial charge in [-0.25, -0.2) is 0 Å². The molecule has 0 bridgehead atoms. The predicted molar refractivity (Wildman–Crippen MR) is 165 cm³/mol. The molecule has 0 aliphatic carbocycles. The van der Waals surface area contributed by atoms with E-state index in [0.717, 1.165) is 23.1 Å². The number of ether oxygens (including phenoxy) is 3. The number of aromatic nitrogens is 4. The van der Waals surface area contributed by atoms with E-state index in [0.29, 0.717) is 69.5 Å². The summed E-state index contributed by atoms with van der Waals surface area (Å²) < 4.78 is 16.6. The van der Waals surface area contributed by atoms with Gasteiger partial charge in [-0.15, -0.1) is 0 Å². The van der Waals surface area contributed by atoms with E-state index in [-0.39, 0.29) is 11.9 Å². The van der Waals surface area contributed by atoms with Crippen LogP contribution in [0.1, 0.15) is 29.8 Å². The minimum absolute atomic E-state index is 0.111. The Bertz CT molecular complexity index is 1400. The summed E-state index contributed by atoms with van der Waals surface area (Å²) in [4.78, 5) is 28.8. The van der Waals surface area contributed by atoms with E-state index in [9.17, 15) is 4.79 Å². The highest BCUT2D eigenvalue weighted by atomic mass is 16.5. The van der Waals surface area contributed by atoms with E-state index in [4.69, 9.17) is 14.2 Å². The Hall–Kier alpha value is -4.42. The van der Waals surface area contributed by atoms with Gasteiger partial charge in [-0.1, -0.05) is 18.2 Å². The van der Waals surface area contributed by atoms with Crippen molar-refractivity contribution in [2.45, 2.75) is 26.3 Å². The van der Waals surface area contributed by atoms with Crippen LogP contribution >= 0.6 is 0 Å². The average Bonchev–Trinajstić information content (AvgIpc) is 3.40. The Morgan fingerprint density at radius 3 is 2.26 bits per heavy atom. The highest BCUT2D eigenvalue weighted by molar-refractivity contribution is 5.94. The largest absolute Gasteiger partial charge is 0.497 e. The van der Waals surface area contributed by atoms with Gasteiger partial charge in [0.25, 0.3) is 5.91 Å². The van der Waals surface area contributed by atoms with Gasteiger partial charge in [0.15, 0.2) is 0 Å². The molecule has 1 amide bonds. The SMILES string of the molecule is COc1ccc2[nH]cc(CCNc3nc(NCCOCCOCCNC(=O)c4ccccc4)nc(NC(C)C)n3)c2c1. The Morgan fingerprint density at radius 1 is 0.857 bits per heavy atom. The molecule has 4 aromatic rings. The summed E-state index contributed by atoms with van der Waals surface area (Å²) in [5.41, 5.74) is 2.89. The normalized spacial score (nSPS) is 11.0. The highest BCUT2D eigenvalue weighted by Gasteiger charge is 2.09. The Morgan fingerprint density at radius 2 is 1.55 bits per heavy atom. The molecular formula is C30H40N8O4. The molecule has 2 heterocycles. The number of anilines is 3. The number of benzene rings is 2. The second kappa shape index (κ2) is 16.1. The summed E-state index contributed by atoms with van der Waals surface area (Å²) in [6, 6.07) is 15.3. The van der Waals surface area contributed by atoms with E-state index in [1.165, 1.54) is 5.56 Å². The fraction of sp³-hybridized carbons (Fsp3) is 0.400. The van der Waals surface area contributed by atoms with Gasteiger partial charge in [0.2, 0.25) is 17.8 Å². The van der Waals surface area contributed by atoms with E-state index in [1.54, 1.807) is 19.2 Å². The van der Waals surface area contributed by atoms with Crippen molar-refractivity contribution in [3.05, 3.63) is 65.9 Å². The molecule has 224 valence electrons. The van der Waals surface area contributed by atoms with Gasteiger partial charge in [0.05, 0.1) is 33.5 Å². The van der Waals surface area contributed by atoms with Crippen molar-refractivity contribution in [2.75, 3.05) is 69.1 Å². The number of hydrogen-bond donors (Lipinski definition) is 5.